The third kappa shape index (κ3) is 2.91. The lowest BCUT2D eigenvalue weighted by molar-refractivity contribution is -0.688. The van der Waals surface area contributed by atoms with Crippen LogP contribution in [0.2, 0.25) is 0 Å². The van der Waals surface area contributed by atoms with Crippen molar-refractivity contribution in [1.29, 1.82) is 0 Å². The summed E-state index contributed by atoms with van der Waals surface area (Å²) in [6.45, 7) is 0.371. The number of H-pyrrole nitrogens is 2. The number of nitrogens with zero attached hydrogens (tertiary/aromatic N) is 2. The molecule has 0 saturated carbocycles. The van der Waals surface area contributed by atoms with E-state index in [2.05, 4.69) is 15.1 Å². The zero-order chi connectivity index (χ0) is 13.0. The summed E-state index contributed by atoms with van der Waals surface area (Å²) in [6, 6.07) is 4.81. The largest absolute Gasteiger partial charge is 0.411 e. The molecule has 0 unspecified atom stereocenters. The van der Waals surface area contributed by atoms with E-state index in [1.54, 1.807) is 29.1 Å². The predicted octanol–water partition coefficient (Wildman–Crippen LogP) is -0.793. The number of aromatic amines is 2. The maximum atomic E-state index is 11.1. The molecular weight excluding hydrogens is 236 g/mol. The molecule has 2 aromatic heterocycles. The van der Waals surface area contributed by atoms with Crippen molar-refractivity contribution in [3.63, 3.8) is 0 Å². The molecular formula is C11H11N4O3+. The van der Waals surface area contributed by atoms with Gasteiger partial charge in [-0.3, -0.25) is 9.78 Å². The Kier molecular flexibility index (Phi) is 3.33. The fourth-order valence-corrected chi connectivity index (χ4v) is 1.53. The van der Waals surface area contributed by atoms with Crippen LogP contribution in [0, 0.1) is 0 Å². The Morgan fingerprint density at radius 3 is 2.61 bits per heavy atom. The zero-order valence-electron chi connectivity index (χ0n) is 9.33. The normalized spacial score (nSPS) is 10.9. The Bertz CT molecular complexity index is 641. The average molecular weight is 247 g/mol. The van der Waals surface area contributed by atoms with Crippen molar-refractivity contribution in [1.82, 2.24) is 9.97 Å². The van der Waals surface area contributed by atoms with Gasteiger partial charge in [0.2, 0.25) is 0 Å². The standard InChI is InChI=1S/C11H10N4O3/c16-10-5-9(13-11(17)14-10)7-15-3-1-8(2-4-15)6-12-18/h1-6H,7H2,(H2,13,14,16,17)/p+1. The topological polar surface area (TPSA) is 102 Å². The number of hydrogen-bond donors (Lipinski definition) is 3. The van der Waals surface area contributed by atoms with E-state index in [9.17, 15) is 9.59 Å². The van der Waals surface area contributed by atoms with Gasteiger partial charge in [-0.15, -0.1) is 0 Å². The second kappa shape index (κ2) is 5.09. The molecule has 7 nitrogen and oxygen atoms in total. The average Bonchev–Trinajstić information content (AvgIpc) is 2.31. The molecule has 2 aromatic rings. The molecule has 0 aliphatic carbocycles. The number of pyridine rings is 1. The van der Waals surface area contributed by atoms with E-state index >= 15 is 0 Å². The Morgan fingerprint density at radius 1 is 1.28 bits per heavy atom. The van der Waals surface area contributed by atoms with Crippen LogP contribution in [-0.4, -0.2) is 21.4 Å². The van der Waals surface area contributed by atoms with Gasteiger partial charge < -0.3 is 10.2 Å². The molecule has 2 rings (SSSR count). The summed E-state index contributed by atoms with van der Waals surface area (Å²) in [5, 5.41) is 11.3. The van der Waals surface area contributed by atoms with Crippen molar-refractivity contribution in [3.8, 4) is 0 Å². The zero-order valence-corrected chi connectivity index (χ0v) is 9.33. The Balaban J connectivity index is 2.23. The first-order valence-electron chi connectivity index (χ1n) is 5.16. The maximum Gasteiger partial charge on any atom is 0.326 e. The monoisotopic (exact) mass is 247 g/mol. The quantitative estimate of drug-likeness (QED) is 0.286. The molecule has 0 spiro atoms. The molecule has 7 heteroatoms. The van der Waals surface area contributed by atoms with E-state index in [1.807, 2.05) is 0 Å². The van der Waals surface area contributed by atoms with Crippen LogP contribution in [0.4, 0.5) is 0 Å². The van der Waals surface area contributed by atoms with Gasteiger partial charge in [0.1, 0.15) is 0 Å². The summed E-state index contributed by atoms with van der Waals surface area (Å²) in [7, 11) is 0. The van der Waals surface area contributed by atoms with E-state index in [4.69, 9.17) is 5.21 Å². The van der Waals surface area contributed by atoms with Crippen LogP contribution >= 0.6 is 0 Å². The van der Waals surface area contributed by atoms with Crippen LogP contribution in [-0.2, 0) is 6.54 Å². The Hall–Kier alpha value is -2.70. The van der Waals surface area contributed by atoms with Gasteiger partial charge in [0.25, 0.3) is 5.56 Å². The second-order valence-electron chi connectivity index (χ2n) is 3.66. The summed E-state index contributed by atoms with van der Waals surface area (Å²) >= 11 is 0. The highest BCUT2D eigenvalue weighted by Gasteiger charge is 2.04. The molecule has 0 atom stereocenters. The SMILES string of the molecule is O=c1cc(C[n+]2ccc(C=NO)cc2)[nH]c(=O)[nH]1. The van der Waals surface area contributed by atoms with E-state index in [0.29, 0.717) is 12.2 Å². The van der Waals surface area contributed by atoms with E-state index in [-0.39, 0.29) is 0 Å². The number of aromatic nitrogens is 3. The molecule has 0 aliphatic heterocycles. The molecule has 3 N–H and O–H groups in total. The van der Waals surface area contributed by atoms with Crippen molar-refractivity contribution in [2.75, 3.05) is 0 Å². The van der Waals surface area contributed by atoms with Crippen LogP contribution in [0.15, 0.2) is 45.3 Å². The van der Waals surface area contributed by atoms with Crippen molar-refractivity contribution in [3.05, 3.63) is 62.7 Å². The molecule has 2 heterocycles. The molecule has 0 bridgehead atoms. The fourth-order valence-electron chi connectivity index (χ4n) is 1.53. The van der Waals surface area contributed by atoms with E-state index in [0.717, 1.165) is 5.56 Å². The van der Waals surface area contributed by atoms with Gasteiger partial charge in [0.05, 0.1) is 11.9 Å². The molecule has 18 heavy (non-hydrogen) atoms. The van der Waals surface area contributed by atoms with Crippen molar-refractivity contribution >= 4 is 6.21 Å². The van der Waals surface area contributed by atoms with Gasteiger partial charge in [-0.05, 0) is 0 Å². The number of hydrogen-bond acceptors (Lipinski definition) is 4. The molecule has 0 aliphatic rings. The van der Waals surface area contributed by atoms with E-state index < -0.39 is 11.2 Å². The fraction of sp³-hybridized carbons (Fsp3) is 0.0909. The minimum absolute atomic E-state index is 0.371. The van der Waals surface area contributed by atoms with Crippen LogP contribution < -0.4 is 15.8 Å². The lowest BCUT2D eigenvalue weighted by Gasteiger charge is -1.97. The minimum atomic E-state index is -0.526. The van der Waals surface area contributed by atoms with Gasteiger partial charge in [0, 0.05) is 23.8 Å². The molecule has 0 amide bonds. The summed E-state index contributed by atoms with van der Waals surface area (Å²) < 4.78 is 1.78. The van der Waals surface area contributed by atoms with Gasteiger partial charge >= 0.3 is 5.69 Å². The van der Waals surface area contributed by atoms with Crippen molar-refractivity contribution in [2.45, 2.75) is 6.54 Å². The minimum Gasteiger partial charge on any atom is -0.411 e. The third-order valence-corrected chi connectivity index (χ3v) is 2.29. The Labute approximate surface area is 101 Å². The summed E-state index contributed by atoms with van der Waals surface area (Å²) in [6.07, 6.45) is 4.80. The van der Waals surface area contributed by atoms with Crippen LogP contribution in [0.5, 0.6) is 0 Å². The molecule has 92 valence electrons. The molecule has 0 aromatic carbocycles. The second-order valence-corrected chi connectivity index (χ2v) is 3.66. The van der Waals surface area contributed by atoms with Crippen LogP contribution in [0.3, 0.4) is 0 Å². The summed E-state index contributed by atoms with van der Waals surface area (Å²) in [4.78, 5) is 26.8. The van der Waals surface area contributed by atoms with Crippen molar-refractivity contribution in [2.24, 2.45) is 5.16 Å². The maximum absolute atomic E-state index is 11.1. The highest BCUT2D eigenvalue weighted by molar-refractivity contribution is 5.78. The number of oxime groups is 1. The number of rotatable bonds is 3. The van der Waals surface area contributed by atoms with Gasteiger partial charge in [-0.2, -0.15) is 4.57 Å². The Morgan fingerprint density at radius 2 is 2.00 bits per heavy atom. The van der Waals surface area contributed by atoms with Gasteiger partial charge in [-0.1, -0.05) is 5.16 Å². The van der Waals surface area contributed by atoms with Crippen molar-refractivity contribution < 1.29 is 9.77 Å². The molecule has 0 saturated heterocycles. The first-order chi connectivity index (χ1) is 8.67. The lowest BCUT2D eigenvalue weighted by Crippen LogP contribution is -2.36. The van der Waals surface area contributed by atoms with Crippen LogP contribution in [0.1, 0.15) is 11.3 Å². The lowest BCUT2D eigenvalue weighted by atomic mass is 10.3. The smallest absolute Gasteiger partial charge is 0.326 e. The number of nitrogens with one attached hydrogen (secondary N) is 2. The predicted molar refractivity (Wildman–Crippen MR) is 62.8 cm³/mol. The first-order valence-corrected chi connectivity index (χ1v) is 5.16. The molecule has 0 radical (unpaired) electrons. The van der Waals surface area contributed by atoms with Gasteiger partial charge in [-0.25, -0.2) is 4.79 Å². The van der Waals surface area contributed by atoms with Gasteiger partial charge in [0.15, 0.2) is 18.9 Å². The van der Waals surface area contributed by atoms with E-state index in [1.165, 1.54) is 12.3 Å². The highest BCUT2D eigenvalue weighted by Crippen LogP contribution is 1.91. The van der Waals surface area contributed by atoms with Crippen LogP contribution in [0.25, 0.3) is 0 Å². The third-order valence-electron chi connectivity index (χ3n) is 2.29. The summed E-state index contributed by atoms with van der Waals surface area (Å²) in [5.74, 6) is 0. The molecule has 0 fully saturated rings. The first kappa shape index (κ1) is 11.8. The highest BCUT2D eigenvalue weighted by atomic mass is 16.4. The summed E-state index contributed by atoms with van der Waals surface area (Å²) in [5.41, 5.74) is 0.297.